The standard InChI is InChI=1S/C5H12N3.H2N.Y/c1-6-8-4-2-7-3-5-8;;/h6H,2-5H2,1H3;1H2;/q2*-1;. The van der Waals surface area contributed by atoms with Crippen molar-refractivity contribution in [2.45, 2.75) is 0 Å². The molecule has 4 nitrogen and oxygen atoms in total. The second kappa shape index (κ2) is 8.04. The minimum Gasteiger partial charge on any atom is -0.693 e. The summed E-state index contributed by atoms with van der Waals surface area (Å²) in [6.45, 7) is 4.11. The first-order chi connectivity index (χ1) is 3.93. The molecule has 59 valence electrons. The second-order valence-electron chi connectivity index (χ2n) is 1.88. The van der Waals surface area contributed by atoms with Crippen LogP contribution in [0.15, 0.2) is 0 Å². The minimum absolute atomic E-state index is 0. The molecule has 0 unspecified atom stereocenters. The first-order valence-corrected chi connectivity index (χ1v) is 2.99. The molecule has 0 aromatic heterocycles. The smallest absolute Gasteiger partial charge is 0 e. The van der Waals surface area contributed by atoms with Gasteiger partial charge in [-0.3, -0.25) is 5.43 Å². The van der Waals surface area contributed by atoms with Gasteiger partial charge in [0.15, 0.2) is 0 Å². The van der Waals surface area contributed by atoms with Crippen molar-refractivity contribution < 1.29 is 32.7 Å². The molecule has 1 radical (unpaired) electrons. The minimum atomic E-state index is 0. The first kappa shape index (κ1) is 13.5. The zero-order chi connectivity index (χ0) is 5.82. The van der Waals surface area contributed by atoms with E-state index >= 15 is 0 Å². The Morgan fingerprint density at radius 2 is 1.80 bits per heavy atom. The van der Waals surface area contributed by atoms with E-state index in [2.05, 4.69) is 15.8 Å². The molecule has 5 heteroatoms. The van der Waals surface area contributed by atoms with Crippen molar-refractivity contribution in [1.29, 1.82) is 0 Å². The molecule has 0 atom stereocenters. The summed E-state index contributed by atoms with van der Waals surface area (Å²) in [5, 5.41) is 6.37. The summed E-state index contributed by atoms with van der Waals surface area (Å²) in [4.78, 5) is 0. The third-order valence-corrected chi connectivity index (χ3v) is 1.37. The maximum atomic E-state index is 4.19. The largest absolute Gasteiger partial charge is 0.693 e. The molecule has 1 fully saturated rings. The fraction of sp³-hybridized carbons (Fsp3) is 1.00. The van der Waals surface area contributed by atoms with Gasteiger partial charge in [0.2, 0.25) is 0 Å². The molecule has 1 aliphatic heterocycles. The number of hydrogen-bond acceptors (Lipinski definition) is 2. The van der Waals surface area contributed by atoms with E-state index in [4.69, 9.17) is 0 Å². The zero-order valence-electron chi connectivity index (χ0n) is 6.38. The van der Waals surface area contributed by atoms with Gasteiger partial charge >= 0.3 is 0 Å². The van der Waals surface area contributed by atoms with Gasteiger partial charge in [-0.05, 0) is 20.1 Å². The number of hydrazine groups is 1. The number of piperazine rings is 1. The third kappa shape index (κ3) is 4.71. The number of nitrogens with zero attached hydrogens (tertiary/aromatic N) is 2. The molecular formula is C5H14N4Y-2. The number of rotatable bonds is 1. The molecule has 0 aliphatic carbocycles. The molecule has 3 N–H and O–H groups in total. The predicted octanol–water partition coefficient (Wildman–Crippen LogP) is 0.525. The number of nitrogens with two attached hydrogens (primary N) is 1. The van der Waals surface area contributed by atoms with Crippen LogP contribution in [0, 0.1) is 0 Å². The van der Waals surface area contributed by atoms with Crippen LogP contribution in [0.25, 0.3) is 11.5 Å². The summed E-state index contributed by atoms with van der Waals surface area (Å²) >= 11 is 0. The molecule has 1 saturated heterocycles. The summed E-state index contributed by atoms with van der Waals surface area (Å²) in [6, 6.07) is 0. The SMILES string of the molecule is CNN1CC[N-]CC1.[NH2-].[Y]. The van der Waals surface area contributed by atoms with Crippen molar-refractivity contribution in [3.8, 4) is 0 Å². The van der Waals surface area contributed by atoms with Gasteiger partial charge in [0.25, 0.3) is 0 Å². The predicted molar refractivity (Wildman–Crippen MR) is 39.0 cm³/mol. The van der Waals surface area contributed by atoms with Gasteiger partial charge in [0.1, 0.15) is 0 Å². The summed E-state index contributed by atoms with van der Waals surface area (Å²) in [5.74, 6) is 0. The van der Waals surface area contributed by atoms with Crippen LogP contribution in [-0.4, -0.2) is 38.2 Å². The first-order valence-electron chi connectivity index (χ1n) is 2.99. The van der Waals surface area contributed by atoms with Crippen LogP contribution < -0.4 is 5.43 Å². The van der Waals surface area contributed by atoms with E-state index < -0.39 is 0 Å². The Balaban J connectivity index is 0. The molecular weight excluding hydrogens is 205 g/mol. The Hall–Kier alpha value is 0.944. The molecule has 10 heavy (non-hydrogen) atoms. The van der Waals surface area contributed by atoms with Crippen LogP contribution in [0.1, 0.15) is 0 Å². The van der Waals surface area contributed by atoms with Gasteiger partial charge in [0, 0.05) is 32.7 Å². The van der Waals surface area contributed by atoms with Gasteiger partial charge < -0.3 is 11.5 Å². The van der Waals surface area contributed by atoms with Gasteiger partial charge in [-0.25, -0.2) is 5.01 Å². The van der Waals surface area contributed by atoms with E-state index in [0.29, 0.717) is 0 Å². The third-order valence-electron chi connectivity index (χ3n) is 1.37. The van der Waals surface area contributed by atoms with Crippen molar-refractivity contribution in [3.63, 3.8) is 0 Å². The van der Waals surface area contributed by atoms with E-state index in [1.165, 1.54) is 0 Å². The van der Waals surface area contributed by atoms with E-state index in [9.17, 15) is 0 Å². The molecule has 1 rings (SSSR count). The van der Waals surface area contributed by atoms with Crippen LogP contribution in [0.5, 0.6) is 0 Å². The van der Waals surface area contributed by atoms with Crippen molar-refractivity contribution in [2.75, 3.05) is 33.2 Å². The molecule has 0 bridgehead atoms. The zero-order valence-corrected chi connectivity index (χ0v) is 9.22. The van der Waals surface area contributed by atoms with Crippen molar-refractivity contribution >= 4 is 0 Å². The maximum Gasteiger partial charge on any atom is 0 e. The summed E-state index contributed by atoms with van der Waals surface area (Å²) < 4.78 is 0. The van der Waals surface area contributed by atoms with Crippen molar-refractivity contribution in [2.24, 2.45) is 0 Å². The molecule has 0 amide bonds. The van der Waals surface area contributed by atoms with Gasteiger partial charge in [-0.15, -0.1) is 13.1 Å². The molecule has 1 aliphatic rings. The second-order valence-corrected chi connectivity index (χ2v) is 1.88. The van der Waals surface area contributed by atoms with E-state index in [1.54, 1.807) is 0 Å². The Morgan fingerprint density at radius 1 is 1.30 bits per heavy atom. The average molecular weight is 219 g/mol. The Bertz CT molecular complexity index is 64.7. The maximum absolute atomic E-state index is 4.19. The molecule has 0 spiro atoms. The van der Waals surface area contributed by atoms with Crippen LogP contribution in [0.2, 0.25) is 0 Å². The average Bonchev–Trinajstić information content (AvgIpc) is 1.90. The van der Waals surface area contributed by atoms with Crippen molar-refractivity contribution in [3.05, 3.63) is 11.5 Å². The van der Waals surface area contributed by atoms with Crippen LogP contribution >= 0.6 is 0 Å². The number of hydrogen-bond donors (Lipinski definition) is 1. The Morgan fingerprint density at radius 3 is 2.10 bits per heavy atom. The number of nitrogens with one attached hydrogen (secondary N) is 1. The van der Waals surface area contributed by atoms with E-state index in [1.807, 2.05) is 7.05 Å². The van der Waals surface area contributed by atoms with Crippen LogP contribution in [-0.2, 0) is 32.7 Å². The molecule has 1 heterocycles. The normalized spacial score (nSPS) is 18.9. The fourth-order valence-electron chi connectivity index (χ4n) is 0.830. The molecule has 0 aromatic carbocycles. The van der Waals surface area contributed by atoms with Crippen LogP contribution in [0.3, 0.4) is 0 Å². The topological polar surface area (TPSA) is 62.9 Å². The summed E-state index contributed by atoms with van der Waals surface area (Å²) in [7, 11) is 1.95. The fourth-order valence-corrected chi connectivity index (χ4v) is 0.830. The molecule has 0 saturated carbocycles. The van der Waals surface area contributed by atoms with Crippen molar-refractivity contribution in [1.82, 2.24) is 10.4 Å². The van der Waals surface area contributed by atoms with Gasteiger partial charge in [-0.2, -0.15) is 0 Å². The molecule has 0 aromatic rings. The summed E-state index contributed by atoms with van der Waals surface area (Å²) in [5.41, 5.74) is 3.08. The monoisotopic (exact) mass is 219 g/mol. The summed E-state index contributed by atoms with van der Waals surface area (Å²) in [6.07, 6.45) is 0. The van der Waals surface area contributed by atoms with Gasteiger partial charge in [-0.1, -0.05) is 0 Å². The van der Waals surface area contributed by atoms with Gasteiger partial charge in [0.05, 0.1) is 0 Å². The van der Waals surface area contributed by atoms with E-state index in [-0.39, 0.29) is 38.9 Å². The van der Waals surface area contributed by atoms with E-state index in [0.717, 1.165) is 26.2 Å². The Kier molecular flexibility index (Phi) is 10.9. The quantitative estimate of drug-likeness (QED) is 0.698. The Labute approximate surface area is 87.5 Å². The van der Waals surface area contributed by atoms with Crippen LogP contribution in [0.4, 0.5) is 0 Å².